The molecule has 0 radical (unpaired) electrons. The summed E-state index contributed by atoms with van der Waals surface area (Å²) in [5.74, 6) is -0.217. The molecule has 1 aliphatic rings. The number of rotatable bonds is 4. The molecule has 1 rings (SSSR count). The van der Waals surface area contributed by atoms with E-state index in [9.17, 15) is 4.79 Å². The van der Waals surface area contributed by atoms with Gasteiger partial charge < -0.3 is 9.47 Å². The Labute approximate surface area is 66.7 Å². The first-order valence-electron chi connectivity index (χ1n) is 4.00. The molecule has 0 aromatic carbocycles. The van der Waals surface area contributed by atoms with Crippen LogP contribution in [0.5, 0.6) is 0 Å². The molecule has 0 saturated carbocycles. The van der Waals surface area contributed by atoms with Gasteiger partial charge in [0, 0.05) is 0 Å². The van der Waals surface area contributed by atoms with E-state index in [0.29, 0.717) is 13.2 Å². The van der Waals surface area contributed by atoms with Crippen LogP contribution in [0, 0.1) is 0 Å². The van der Waals surface area contributed by atoms with E-state index in [-0.39, 0.29) is 5.97 Å². The molecule has 1 saturated heterocycles. The van der Waals surface area contributed by atoms with Gasteiger partial charge in [-0.25, -0.2) is 4.79 Å². The maximum absolute atomic E-state index is 11.1. The summed E-state index contributed by atoms with van der Waals surface area (Å²) in [7, 11) is 0. The van der Waals surface area contributed by atoms with E-state index in [0.717, 1.165) is 12.8 Å². The summed E-state index contributed by atoms with van der Waals surface area (Å²) in [6.07, 6.45) is 1.98. The number of hydrogen-bond donors (Lipinski definition) is 0. The lowest BCUT2D eigenvalue weighted by molar-refractivity contribution is -0.149. The molecular formula is C8H14O3. The molecule has 11 heavy (non-hydrogen) atoms. The normalized spacial score (nSPS) is 28.2. The highest BCUT2D eigenvalue weighted by Crippen LogP contribution is 2.27. The summed E-state index contributed by atoms with van der Waals surface area (Å²) in [5, 5.41) is 0. The Morgan fingerprint density at radius 2 is 2.36 bits per heavy atom. The van der Waals surface area contributed by atoms with Crippen LogP contribution in [0.15, 0.2) is 0 Å². The van der Waals surface area contributed by atoms with Gasteiger partial charge in [-0.05, 0) is 13.3 Å². The zero-order valence-electron chi connectivity index (χ0n) is 7.05. The molecule has 1 fully saturated rings. The van der Waals surface area contributed by atoms with E-state index in [2.05, 4.69) is 6.92 Å². The smallest absolute Gasteiger partial charge is 0.340 e. The van der Waals surface area contributed by atoms with Gasteiger partial charge in [0.1, 0.15) is 0 Å². The highest BCUT2D eigenvalue weighted by Gasteiger charge is 2.48. The maximum Gasteiger partial charge on any atom is 0.340 e. The number of esters is 1. The van der Waals surface area contributed by atoms with Crippen LogP contribution < -0.4 is 0 Å². The van der Waals surface area contributed by atoms with Crippen LogP contribution in [0.25, 0.3) is 0 Å². The Balaban J connectivity index is 2.12. The third-order valence-electron chi connectivity index (χ3n) is 1.74. The van der Waals surface area contributed by atoms with Gasteiger partial charge in [-0.3, -0.25) is 0 Å². The molecule has 0 amide bonds. The summed E-state index contributed by atoms with van der Waals surface area (Å²) < 4.78 is 9.86. The molecule has 3 nitrogen and oxygen atoms in total. The monoisotopic (exact) mass is 158 g/mol. The Morgan fingerprint density at radius 3 is 2.82 bits per heavy atom. The van der Waals surface area contributed by atoms with Gasteiger partial charge in [-0.1, -0.05) is 13.3 Å². The Kier molecular flexibility index (Phi) is 2.49. The van der Waals surface area contributed by atoms with Crippen LogP contribution in [-0.4, -0.2) is 24.8 Å². The molecule has 3 heteroatoms. The minimum atomic E-state index is -0.603. The Bertz CT molecular complexity index is 149. The largest absolute Gasteiger partial charge is 0.463 e. The summed E-state index contributed by atoms with van der Waals surface area (Å²) in [5.41, 5.74) is -0.603. The van der Waals surface area contributed by atoms with E-state index in [1.54, 1.807) is 6.92 Å². The lowest BCUT2D eigenvalue weighted by Crippen LogP contribution is -2.23. The number of ether oxygens (including phenoxy) is 2. The number of unbranched alkanes of at least 4 members (excludes halogenated alkanes) is 1. The molecule has 0 aromatic rings. The Hall–Kier alpha value is -0.570. The number of epoxide rings is 1. The van der Waals surface area contributed by atoms with E-state index in [1.807, 2.05) is 0 Å². The molecule has 64 valence electrons. The van der Waals surface area contributed by atoms with Crippen molar-refractivity contribution in [2.75, 3.05) is 13.2 Å². The van der Waals surface area contributed by atoms with Gasteiger partial charge in [0.2, 0.25) is 0 Å². The van der Waals surface area contributed by atoms with Crippen molar-refractivity contribution in [3.63, 3.8) is 0 Å². The second-order valence-electron chi connectivity index (χ2n) is 3.01. The predicted molar refractivity (Wildman–Crippen MR) is 40.2 cm³/mol. The molecule has 0 bridgehead atoms. The fourth-order valence-electron chi connectivity index (χ4n) is 0.688. The second-order valence-corrected chi connectivity index (χ2v) is 3.01. The van der Waals surface area contributed by atoms with Gasteiger partial charge in [-0.2, -0.15) is 0 Å². The summed E-state index contributed by atoms with van der Waals surface area (Å²) in [4.78, 5) is 11.1. The van der Waals surface area contributed by atoms with Crippen molar-refractivity contribution >= 4 is 5.97 Å². The van der Waals surface area contributed by atoms with Crippen molar-refractivity contribution in [3.05, 3.63) is 0 Å². The average molecular weight is 158 g/mol. The summed E-state index contributed by atoms with van der Waals surface area (Å²) in [6.45, 7) is 4.84. The number of hydrogen-bond acceptors (Lipinski definition) is 3. The van der Waals surface area contributed by atoms with E-state index < -0.39 is 5.60 Å². The number of carbonyl (C=O) groups is 1. The summed E-state index contributed by atoms with van der Waals surface area (Å²) >= 11 is 0. The SMILES string of the molecule is CCCCOC(=O)[C@@]1(C)CO1. The van der Waals surface area contributed by atoms with Crippen molar-refractivity contribution < 1.29 is 14.3 Å². The first kappa shape index (κ1) is 8.53. The third kappa shape index (κ3) is 2.19. The zero-order valence-corrected chi connectivity index (χ0v) is 7.05. The lowest BCUT2D eigenvalue weighted by Gasteiger charge is -2.05. The van der Waals surface area contributed by atoms with E-state index >= 15 is 0 Å². The molecule has 0 N–H and O–H groups in total. The second kappa shape index (κ2) is 3.22. The van der Waals surface area contributed by atoms with Crippen LogP contribution in [0.4, 0.5) is 0 Å². The molecule has 0 spiro atoms. The van der Waals surface area contributed by atoms with Crippen molar-refractivity contribution in [3.8, 4) is 0 Å². The van der Waals surface area contributed by atoms with Gasteiger partial charge in [0.05, 0.1) is 13.2 Å². The fourth-order valence-corrected chi connectivity index (χ4v) is 0.688. The third-order valence-corrected chi connectivity index (χ3v) is 1.74. The first-order valence-corrected chi connectivity index (χ1v) is 4.00. The minimum Gasteiger partial charge on any atom is -0.463 e. The highest BCUT2D eigenvalue weighted by molar-refractivity contribution is 5.81. The maximum atomic E-state index is 11.1. The van der Waals surface area contributed by atoms with Crippen LogP contribution in [0.2, 0.25) is 0 Å². The quantitative estimate of drug-likeness (QED) is 0.349. The predicted octanol–water partition coefficient (Wildman–Crippen LogP) is 1.12. The van der Waals surface area contributed by atoms with Gasteiger partial charge in [0.25, 0.3) is 0 Å². The summed E-state index contributed by atoms with van der Waals surface area (Å²) in [6, 6.07) is 0. The Morgan fingerprint density at radius 1 is 1.73 bits per heavy atom. The molecule has 0 aliphatic carbocycles. The van der Waals surface area contributed by atoms with Crippen molar-refractivity contribution in [1.29, 1.82) is 0 Å². The first-order chi connectivity index (χ1) is 5.19. The van der Waals surface area contributed by atoms with Crippen LogP contribution in [-0.2, 0) is 14.3 Å². The standard InChI is InChI=1S/C8H14O3/c1-3-4-5-10-7(9)8(2)6-11-8/h3-6H2,1-2H3/t8-/m1/s1. The molecule has 1 heterocycles. The van der Waals surface area contributed by atoms with Crippen molar-refractivity contribution in [1.82, 2.24) is 0 Å². The van der Waals surface area contributed by atoms with Crippen LogP contribution in [0.3, 0.4) is 0 Å². The van der Waals surface area contributed by atoms with E-state index in [1.165, 1.54) is 0 Å². The average Bonchev–Trinajstić information content (AvgIpc) is 2.70. The lowest BCUT2D eigenvalue weighted by atomic mass is 10.2. The molecule has 0 aromatic heterocycles. The topological polar surface area (TPSA) is 38.8 Å². The minimum absolute atomic E-state index is 0.217. The molecule has 0 unspecified atom stereocenters. The fraction of sp³-hybridized carbons (Fsp3) is 0.875. The number of carbonyl (C=O) groups excluding carboxylic acids is 1. The van der Waals surface area contributed by atoms with E-state index in [4.69, 9.17) is 9.47 Å². The molecule has 1 atom stereocenters. The van der Waals surface area contributed by atoms with Crippen molar-refractivity contribution in [2.45, 2.75) is 32.3 Å². The van der Waals surface area contributed by atoms with Crippen molar-refractivity contribution in [2.24, 2.45) is 0 Å². The van der Waals surface area contributed by atoms with Gasteiger partial charge in [0.15, 0.2) is 5.60 Å². The van der Waals surface area contributed by atoms with Gasteiger partial charge >= 0.3 is 5.97 Å². The zero-order chi connectivity index (χ0) is 8.32. The van der Waals surface area contributed by atoms with Crippen LogP contribution >= 0.6 is 0 Å². The molecular weight excluding hydrogens is 144 g/mol. The van der Waals surface area contributed by atoms with Crippen LogP contribution in [0.1, 0.15) is 26.7 Å². The molecule has 1 aliphatic heterocycles. The van der Waals surface area contributed by atoms with Gasteiger partial charge in [-0.15, -0.1) is 0 Å². The highest BCUT2D eigenvalue weighted by atomic mass is 16.6.